The molecule has 0 amide bonds. The van der Waals surface area contributed by atoms with Crippen molar-refractivity contribution in [2.45, 2.75) is 0 Å². The zero-order chi connectivity index (χ0) is 14.4. The van der Waals surface area contributed by atoms with Crippen LogP contribution in [0.4, 0.5) is 0 Å². The van der Waals surface area contributed by atoms with Crippen molar-refractivity contribution in [1.29, 1.82) is 0 Å². The van der Waals surface area contributed by atoms with E-state index in [4.69, 9.17) is 7.96 Å². The van der Waals surface area contributed by atoms with E-state index in [-0.39, 0.29) is 15.0 Å². The first kappa shape index (κ1) is 14.9. The molecule has 0 aliphatic heterocycles. The van der Waals surface area contributed by atoms with E-state index in [1.54, 1.807) is 0 Å². The summed E-state index contributed by atoms with van der Waals surface area (Å²) in [5.41, 5.74) is 4.74. The number of halogens is 2. The van der Waals surface area contributed by atoms with Crippen LogP contribution < -0.4 is 0 Å². The molecule has 1 aromatic carbocycles. The van der Waals surface area contributed by atoms with Gasteiger partial charge in [0.2, 0.25) is 0 Å². The summed E-state index contributed by atoms with van der Waals surface area (Å²) in [5, 5.41) is 0. The van der Waals surface area contributed by atoms with E-state index in [1.807, 2.05) is 0 Å². The van der Waals surface area contributed by atoms with Crippen molar-refractivity contribution in [3.05, 3.63) is 43.1 Å². The second kappa shape index (κ2) is 6.07. The van der Waals surface area contributed by atoms with Crippen LogP contribution in [-0.4, -0.2) is 51.9 Å². The number of hydrogen-bond donors (Lipinski definition) is 0. The van der Waals surface area contributed by atoms with E-state index in [0.29, 0.717) is 29.0 Å². The Labute approximate surface area is 156 Å². The average molecular weight is 599 g/mol. The van der Waals surface area contributed by atoms with E-state index in [1.165, 1.54) is 26.7 Å². The standard InChI is InChI=1S/C14H6Br2N2Se3/c15-11-5-3-9(19-11)7-1-2-8(10-4-6-12(16)20-10)14-13(7)17-21-18-14/h1-6H. The van der Waals surface area contributed by atoms with Gasteiger partial charge in [-0.1, -0.05) is 0 Å². The van der Waals surface area contributed by atoms with Crippen LogP contribution in [-0.2, 0) is 0 Å². The average Bonchev–Trinajstić information content (AvgIpc) is 3.18. The zero-order valence-electron chi connectivity index (χ0n) is 10.3. The monoisotopic (exact) mass is 600 g/mol. The van der Waals surface area contributed by atoms with E-state index in [2.05, 4.69) is 68.3 Å². The molecule has 0 fully saturated rings. The summed E-state index contributed by atoms with van der Waals surface area (Å²) >= 11 is 7.93. The van der Waals surface area contributed by atoms with Gasteiger partial charge in [0.05, 0.1) is 0 Å². The van der Waals surface area contributed by atoms with Gasteiger partial charge in [0, 0.05) is 0 Å². The Morgan fingerprint density at radius 3 is 1.52 bits per heavy atom. The molecule has 4 aromatic rings. The summed E-state index contributed by atoms with van der Waals surface area (Å²) in [4.78, 5) is 0. The molecule has 4 rings (SSSR count). The molecule has 0 radical (unpaired) electrons. The molecule has 3 heterocycles. The van der Waals surface area contributed by atoms with Crippen LogP contribution in [0.5, 0.6) is 0 Å². The van der Waals surface area contributed by atoms with Crippen LogP contribution in [0.3, 0.4) is 0 Å². The van der Waals surface area contributed by atoms with Crippen LogP contribution in [0, 0.1) is 0 Å². The molecule has 2 nitrogen and oxygen atoms in total. The molecular weight excluding hydrogens is 593 g/mol. The van der Waals surface area contributed by atoms with Crippen LogP contribution in [0.15, 0.2) is 43.1 Å². The molecule has 0 unspecified atom stereocenters. The number of fused-ring (bicyclic) bond motifs is 1. The summed E-state index contributed by atoms with van der Waals surface area (Å²) in [7, 11) is 0. The SMILES string of the molecule is Brc1ccc(-c2ccc(-c3ccc(Br)[se]3)c3n[se]nc23)[se]1. The van der Waals surface area contributed by atoms with Crippen molar-refractivity contribution in [1.82, 2.24) is 7.96 Å². The Bertz CT molecular complexity index is 864. The number of nitrogens with zero attached hydrogens (tertiary/aromatic N) is 2. The van der Waals surface area contributed by atoms with Gasteiger partial charge in [-0.05, 0) is 0 Å². The number of aromatic nitrogens is 2. The summed E-state index contributed by atoms with van der Waals surface area (Å²) in [6.07, 6.45) is 0. The van der Waals surface area contributed by atoms with Gasteiger partial charge in [0.15, 0.2) is 0 Å². The molecule has 0 spiro atoms. The second-order valence-corrected chi connectivity index (χ2v) is 14.1. The van der Waals surface area contributed by atoms with Gasteiger partial charge in [-0.15, -0.1) is 0 Å². The van der Waals surface area contributed by atoms with Gasteiger partial charge in [0.25, 0.3) is 0 Å². The molecule has 21 heavy (non-hydrogen) atoms. The van der Waals surface area contributed by atoms with Crippen LogP contribution >= 0.6 is 31.9 Å². The Kier molecular flexibility index (Phi) is 4.29. The molecule has 7 heteroatoms. The van der Waals surface area contributed by atoms with Crippen molar-refractivity contribution in [2.75, 3.05) is 0 Å². The zero-order valence-corrected chi connectivity index (χ0v) is 18.7. The minimum absolute atomic E-state index is 0.000830. The van der Waals surface area contributed by atoms with Crippen LogP contribution in [0.2, 0.25) is 0 Å². The summed E-state index contributed by atoms with van der Waals surface area (Å²) < 4.78 is 14.8. The minimum atomic E-state index is 0.000830. The fourth-order valence-electron chi connectivity index (χ4n) is 2.18. The quantitative estimate of drug-likeness (QED) is 0.330. The normalized spacial score (nSPS) is 11.3. The van der Waals surface area contributed by atoms with Gasteiger partial charge >= 0.3 is 158 Å². The molecule has 3 aromatic heterocycles. The van der Waals surface area contributed by atoms with Gasteiger partial charge in [-0.2, -0.15) is 0 Å². The van der Waals surface area contributed by atoms with Crippen LogP contribution in [0.25, 0.3) is 31.0 Å². The Hall–Kier alpha value is 0.298. The predicted molar refractivity (Wildman–Crippen MR) is 96.6 cm³/mol. The van der Waals surface area contributed by atoms with Gasteiger partial charge < -0.3 is 0 Å². The molecule has 104 valence electrons. The Morgan fingerprint density at radius 2 is 1.14 bits per heavy atom. The number of rotatable bonds is 2. The first-order valence-electron chi connectivity index (χ1n) is 5.99. The van der Waals surface area contributed by atoms with E-state index in [9.17, 15) is 0 Å². The Morgan fingerprint density at radius 1 is 0.667 bits per heavy atom. The van der Waals surface area contributed by atoms with Crippen molar-refractivity contribution in [2.24, 2.45) is 0 Å². The van der Waals surface area contributed by atoms with Crippen LogP contribution in [0.1, 0.15) is 0 Å². The third kappa shape index (κ3) is 2.80. The molecule has 0 aliphatic carbocycles. The molecule has 0 atom stereocenters. The predicted octanol–water partition coefficient (Wildman–Crippen LogP) is 3.66. The van der Waals surface area contributed by atoms with E-state index in [0.717, 1.165) is 11.0 Å². The maximum atomic E-state index is 4.70. The number of hydrogen-bond acceptors (Lipinski definition) is 2. The molecule has 0 saturated heterocycles. The van der Waals surface area contributed by atoms with Gasteiger partial charge in [0.1, 0.15) is 0 Å². The van der Waals surface area contributed by atoms with E-state index >= 15 is 0 Å². The fraction of sp³-hybridized carbons (Fsp3) is 0. The summed E-state index contributed by atoms with van der Waals surface area (Å²) in [6, 6.07) is 13.2. The molecular formula is C14H6Br2N2Se3. The van der Waals surface area contributed by atoms with Gasteiger partial charge in [-0.25, -0.2) is 0 Å². The molecule has 0 aliphatic rings. The van der Waals surface area contributed by atoms with Gasteiger partial charge in [-0.3, -0.25) is 0 Å². The third-order valence-electron chi connectivity index (χ3n) is 3.09. The van der Waals surface area contributed by atoms with Crippen molar-refractivity contribution < 1.29 is 0 Å². The van der Waals surface area contributed by atoms with Crippen molar-refractivity contribution in [3.63, 3.8) is 0 Å². The third-order valence-corrected chi connectivity index (χ3v) is 10.2. The van der Waals surface area contributed by atoms with Crippen molar-refractivity contribution in [3.8, 4) is 20.0 Å². The topological polar surface area (TPSA) is 25.8 Å². The first-order valence-corrected chi connectivity index (χ1v) is 12.5. The molecule has 0 N–H and O–H groups in total. The summed E-state index contributed by atoms with van der Waals surface area (Å²) in [5.74, 6) is 0. The Balaban J connectivity index is 1.96. The first-order chi connectivity index (χ1) is 10.2. The second-order valence-electron chi connectivity index (χ2n) is 4.33. The molecule has 0 bridgehead atoms. The summed E-state index contributed by atoms with van der Waals surface area (Å²) in [6.45, 7) is 0. The fourth-order valence-corrected chi connectivity index (χ4v) is 8.64. The maximum absolute atomic E-state index is 4.70. The van der Waals surface area contributed by atoms with E-state index < -0.39 is 0 Å². The van der Waals surface area contributed by atoms with Crippen molar-refractivity contribution >= 4 is 86.9 Å². The number of benzene rings is 1. The molecule has 0 saturated carbocycles.